The Morgan fingerprint density at radius 2 is 1.94 bits per heavy atom. The number of hydrogen-bond donors (Lipinski definition) is 0. The zero-order chi connectivity index (χ0) is 21.4. The van der Waals surface area contributed by atoms with Gasteiger partial charge in [0, 0.05) is 5.56 Å². The average Bonchev–Trinajstić information content (AvgIpc) is 3.45. The molecule has 0 spiro atoms. The summed E-state index contributed by atoms with van der Waals surface area (Å²) in [5.41, 5.74) is 5.60. The number of aromatic nitrogens is 1. The molecule has 0 fully saturated rings. The Labute approximate surface area is 186 Å². The first-order valence-corrected chi connectivity index (χ1v) is 11.8. The minimum atomic E-state index is -0.0325. The van der Waals surface area contributed by atoms with Gasteiger partial charge in [0.25, 0.3) is 5.91 Å². The van der Waals surface area contributed by atoms with Gasteiger partial charge in [-0.25, -0.2) is 4.98 Å². The number of thiazole rings is 1. The summed E-state index contributed by atoms with van der Waals surface area (Å²) in [7, 11) is 0. The second-order valence-electron chi connectivity index (χ2n) is 8.51. The Balaban J connectivity index is 1.57. The van der Waals surface area contributed by atoms with Crippen molar-refractivity contribution < 1.29 is 9.21 Å². The third kappa shape index (κ3) is 3.90. The average molecular weight is 431 g/mol. The van der Waals surface area contributed by atoms with Gasteiger partial charge >= 0.3 is 0 Å². The number of para-hydroxylation sites is 1. The molecule has 0 aliphatic heterocycles. The predicted molar refractivity (Wildman–Crippen MR) is 126 cm³/mol. The fraction of sp³-hybridized carbons (Fsp3) is 0.308. The minimum absolute atomic E-state index is 0.0325. The van der Waals surface area contributed by atoms with Crippen LogP contribution in [0.2, 0.25) is 0 Å². The highest BCUT2D eigenvalue weighted by Gasteiger charge is 2.24. The SMILES string of the molecule is CC(C)c1cccc2sc(N(Cc3ccco3)C(=O)c3ccc4c(c3)CCCC4)nc12. The third-order valence-electron chi connectivity index (χ3n) is 6.03. The van der Waals surface area contributed by atoms with Crippen molar-refractivity contribution in [1.29, 1.82) is 0 Å². The molecule has 0 saturated heterocycles. The Bertz CT molecular complexity index is 1220. The number of carbonyl (C=O) groups is 1. The molecule has 0 radical (unpaired) electrons. The summed E-state index contributed by atoms with van der Waals surface area (Å²) in [6, 6.07) is 16.2. The fourth-order valence-corrected chi connectivity index (χ4v) is 5.34. The standard InChI is InChI=1S/C26H26N2O2S/c1-17(2)22-10-5-11-23-24(22)27-26(31-23)28(16-21-9-6-14-30-21)25(29)20-13-12-18-7-3-4-8-19(18)15-20/h5-6,9-15,17H,3-4,7-8,16H2,1-2H3. The highest BCUT2D eigenvalue weighted by molar-refractivity contribution is 7.22. The molecule has 158 valence electrons. The van der Waals surface area contributed by atoms with E-state index in [4.69, 9.17) is 9.40 Å². The van der Waals surface area contributed by atoms with Crippen LogP contribution in [-0.4, -0.2) is 10.9 Å². The molecular formula is C26H26N2O2S. The molecule has 0 N–H and O–H groups in total. The maximum atomic E-state index is 13.7. The van der Waals surface area contributed by atoms with Crippen LogP contribution in [0.25, 0.3) is 10.2 Å². The minimum Gasteiger partial charge on any atom is -0.467 e. The lowest BCUT2D eigenvalue weighted by Gasteiger charge is -2.21. The van der Waals surface area contributed by atoms with Gasteiger partial charge in [0.2, 0.25) is 0 Å². The lowest BCUT2D eigenvalue weighted by molar-refractivity contribution is 0.0983. The van der Waals surface area contributed by atoms with Crippen molar-refractivity contribution in [3.8, 4) is 0 Å². The predicted octanol–water partition coefficient (Wildman–Crippen LogP) is 6.74. The molecule has 1 amide bonds. The molecule has 4 aromatic rings. The summed E-state index contributed by atoms with van der Waals surface area (Å²) in [5.74, 6) is 1.08. The van der Waals surface area contributed by atoms with E-state index >= 15 is 0 Å². The van der Waals surface area contributed by atoms with Gasteiger partial charge in [-0.2, -0.15) is 0 Å². The van der Waals surface area contributed by atoms with Crippen LogP contribution in [0, 0.1) is 0 Å². The van der Waals surface area contributed by atoms with Crippen LogP contribution < -0.4 is 4.90 Å². The monoisotopic (exact) mass is 430 g/mol. The van der Waals surface area contributed by atoms with Crippen LogP contribution >= 0.6 is 11.3 Å². The van der Waals surface area contributed by atoms with E-state index in [0.717, 1.165) is 34.4 Å². The van der Waals surface area contributed by atoms with Crippen molar-refractivity contribution in [2.75, 3.05) is 4.90 Å². The van der Waals surface area contributed by atoms with Gasteiger partial charge in [-0.1, -0.05) is 43.4 Å². The molecule has 31 heavy (non-hydrogen) atoms. The van der Waals surface area contributed by atoms with E-state index < -0.39 is 0 Å². The molecule has 2 heterocycles. The quantitative estimate of drug-likeness (QED) is 0.352. The summed E-state index contributed by atoms with van der Waals surface area (Å²) in [6.45, 7) is 4.71. The van der Waals surface area contributed by atoms with E-state index in [2.05, 4.69) is 44.2 Å². The van der Waals surface area contributed by atoms with Crippen molar-refractivity contribution in [2.24, 2.45) is 0 Å². The normalized spacial score (nSPS) is 13.5. The molecule has 1 aliphatic carbocycles. The van der Waals surface area contributed by atoms with Gasteiger partial charge in [0.15, 0.2) is 5.13 Å². The highest BCUT2D eigenvalue weighted by Crippen LogP contribution is 2.35. The summed E-state index contributed by atoms with van der Waals surface area (Å²) in [5, 5.41) is 0.710. The Hall–Kier alpha value is -2.92. The van der Waals surface area contributed by atoms with E-state index in [1.807, 2.05) is 18.2 Å². The van der Waals surface area contributed by atoms with Crippen LogP contribution in [-0.2, 0) is 19.4 Å². The summed E-state index contributed by atoms with van der Waals surface area (Å²) >= 11 is 1.56. The number of carbonyl (C=O) groups excluding carboxylic acids is 1. The molecule has 1 aliphatic rings. The summed E-state index contributed by atoms with van der Waals surface area (Å²) in [6.07, 6.45) is 6.22. The topological polar surface area (TPSA) is 46.3 Å². The van der Waals surface area contributed by atoms with Crippen molar-refractivity contribution in [1.82, 2.24) is 4.98 Å². The lowest BCUT2D eigenvalue weighted by atomic mass is 9.90. The summed E-state index contributed by atoms with van der Waals surface area (Å²) < 4.78 is 6.68. The number of nitrogens with zero attached hydrogens (tertiary/aromatic N) is 2. The molecular weight excluding hydrogens is 404 g/mol. The van der Waals surface area contributed by atoms with E-state index in [-0.39, 0.29) is 5.91 Å². The number of anilines is 1. The van der Waals surface area contributed by atoms with E-state index in [1.54, 1.807) is 22.5 Å². The molecule has 0 bridgehead atoms. The molecule has 0 saturated carbocycles. The van der Waals surface area contributed by atoms with E-state index in [0.29, 0.717) is 17.6 Å². The van der Waals surface area contributed by atoms with Crippen LogP contribution in [0.5, 0.6) is 0 Å². The largest absolute Gasteiger partial charge is 0.467 e. The number of aryl methyl sites for hydroxylation is 2. The molecule has 2 aromatic carbocycles. The molecule has 4 nitrogen and oxygen atoms in total. The fourth-order valence-electron chi connectivity index (χ4n) is 4.35. The smallest absolute Gasteiger partial charge is 0.260 e. The van der Waals surface area contributed by atoms with Gasteiger partial charge in [-0.05, 0) is 78.6 Å². The number of rotatable bonds is 5. The summed E-state index contributed by atoms with van der Waals surface area (Å²) in [4.78, 5) is 20.4. The van der Waals surface area contributed by atoms with Crippen molar-refractivity contribution >= 4 is 32.6 Å². The first kappa shape index (κ1) is 20.0. The highest BCUT2D eigenvalue weighted by atomic mass is 32.1. The lowest BCUT2D eigenvalue weighted by Crippen LogP contribution is -2.30. The third-order valence-corrected chi connectivity index (χ3v) is 7.07. The molecule has 2 aromatic heterocycles. The second-order valence-corrected chi connectivity index (χ2v) is 9.52. The van der Waals surface area contributed by atoms with Gasteiger partial charge < -0.3 is 4.42 Å². The first-order chi connectivity index (χ1) is 15.1. The zero-order valence-electron chi connectivity index (χ0n) is 17.9. The molecule has 0 atom stereocenters. The van der Waals surface area contributed by atoms with Gasteiger partial charge in [-0.3, -0.25) is 9.69 Å². The molecule has 5 heteroatoms. The van der Waals surface area contributed by atoms with Crippen LogP contribution in [0.1, 0.15) is 65.4 Å². The number of hydrogen-bond acceptors (Lipinski definition) is 4. The maximum absolute atomic E-state index is 13.7. The first-order valence-electron chi connectivity index (χ1n) is 11.0. The zero-order valence-corrected chi connectivity index (χ0v) is 18.7. The van der Waals surface area contributed by atoms with Crippen molar-refractivity contribution in [2.45, 2.75) is 52.0 Å². The van der Waals surface area contributed by atoms with Gasteiger partial charge in [0.05, 0.1) is 23.0 Å². The van der Waals surface area contributed by atoms with Gasteiger partial charge in [-0.15, -0.1) is 0 Å². The van der Waals surface area contributed by atoms with Crippen LogP contribution in [0.15, 0.2) is 59.2 Å². The Kier molecular flexibility index (Phi) is 5.36. The Morgan fingerprint density at radius 1 is 1.10 bits per heavy atom. The molecule has 5 rings (SSSR count). The number of benzene rings is 2. The van der Waals surface area contributed by atoms with Crippen molar-refractivity contribution in [3.63, 3.8) is 0 Å². The van der Waals surface area contributed by atoms with Crippen molar-refractivity contribution in [3.05, 3.63) is 82.8 Å². The Morgan fingerprint density at radius 3 is 2.71 bits per heavy atom. The number of furan rings is 1. The van der Waals surface area contributed by atoms with E-state index in [1.165, 1.54) is 29.5 Å². The second kappa shape index (κ2) is 8.31. The maximum Gasteiger partial charge on any atom is 0.260 e. The van der Waals surface area contributed by atoms with Crippen LogP contribution in [0.4, 0.5) is 5.13 Å². The number of amides is 1. The molecule has 0 unspecified atom stereocenters. The number of fused-ring (bicyclic) bond motifs is 2. The van der Waals surface area contributed by atoms with E-state index in [9.17, 15) is 4.79 Å². The van der Waals surface area contributed by atoms with Crippen LogP contribution in [0.3, 0.4) is 0 Å². The van der Waals surface area contributed by atoms with Gasteiger partial charge in [0.1, 0.15) is 5.76 Å².